The fourth-order valence-corrected chi connectivity index (χ4v) is 2.38. The molecule has 0 spiro atoms. The Morgan fingerprint density at radius 2 is 1.85 bits per heavy atom. The number of anilines is 1. The summed E-state index contributed by atoms with van der Waals surface area (Å²) in [6.45, 7) is 0.352. The predicted octanol–water partition coefficient (Wildman–Crippen LogP) is 4.38. The van der Waals surface area contributed by atoms with Gasteiger partial charge < -0.3 is 14.8 Å². The van der Waals surface area contributed by atoms with Crippen LogP contribution in [0.1, 0.15) is 5.56 Å². The van der Waals surface area contributed by atoms with Crippen LogP contribution in [0.15, 0.2) is 46.9 Å². The Labute approximate surface area is 122 Å². The van der Waals surface area contributed by atoms with Crippen LogP contribution in [0.3, 0.4) is 0 Å². The molecule has 104 valence electrons. The van der Waals surface area contributed by atoms with E-state index in [1.165, 1.54) is 6.07 Å². The average molecular weight is 342 g/mol. The lowest BCUT2D eigenvalue weighted by molar-refractivity contribution is -0.286. The molecular weight excluding hydrogens is 332 g/mol. The van der Waals surface area contributed by atoms with Gasteiger partial charge in [0.25, 0.3) is 0 Å². The number of benzene rings is 2. The molecule has 0 bridgehead atoms. The van der Waals surface area contributed by atoms with Crippen molar-refractivity contribution in [3.63, 3.8) is 0 Å². The topological polar surface area (TPSA) is 30.5 Å². The van der Waals surface area contributed by atoms with E-state index in [9.17, 15) is 8.78 Å². The minimum Gasteiger partial charge on any atom is -0.395 e. The van der Waals surface area contributed by atoms with Crippen molar-refractivity contribution in [2.75, 3.05) is 5.32 Å². The number of rotatable bonds is 3. The maximum Gasteiger partial charge on any atom is 0.586 e. The Morgan fingerprint density at radius 1 is 1.05 bits per heavy atom. The number of para-hydroxylation sites is 2. The monoisotopic (exact) mass is 341 g/mol. The zero-order chi connectivity index (χ0) is 14.2. The highest BCUT2D eigenvalue weighted by Crippen LogP contribution is 2.43. The summed E-state index contributed by atoms with van der Waals surface area (Å²) >= 11 is 3.41. The first-order valence-corrected chi connectivity index (χ1v) is 6.70. The van der Waals surface area contributed by atoms with Crippen LogP contribution >= 0.6 is 15.9 Å². The quantitative estimate of drug-likeness (QED) is 0.898. The minimum absolute atomic E-state index is 0.0569. The standard InChI is InChI=1S/C14H10BrF2NO2/c15-10-5-1-2-6-11(10)18-8-9-4-3-7-12-13(9)20-14(16,17)19-12/h1-7,18H,8H2. The van der Waals surface area contributed by atoms with Gasteiger partial charge in [0, 0.05) is 22.3 Å². The summed E-state index contributed by atoms with van der Waals surface area (Å²) < 4.78 is 36.0. The van der Waals surface area contributed by atoms with Crippen molar-refractivity contribution in [2.45, 2.75) is 12.8 Å². The molecule has 0 aromatic heterocycles. The van der Waals surface area contributed by atoms with Gasteiger partial charge in [-0.1, -0.05) is 24.3 Å². The molecule has 3 nitrogen and oxygen atoms in total. The van der Waals surface area contributed by atoms with Crippen LogP contribution < -0.4 is 14.8 Å². The van der Waals surface area contributed by atoms with Gasteiger partial charge in [-0.2, -0.15) is 0 Å². The van der Waals surface area contributed by atoms with Crippen LogP contribution in [0, 0.1) is 0 Å². The highest BCUT2D eigenvalue weighted by Gasteiger charge is 2.44. The van der Waals surface area contributed by atoms with E-state index >= 15 is 0 Å². The first kappa shape index (κ1) is 13.2. The van der Waals surface area contributed by atoms with E-state index in [4.69, 9.17) is 0 Å². The lowest BCUT2D eigenvalue weighted by atomic mass is 10.2. The molecule has 2 aromatic carbocycles. The van der Waals surface area contributed by atoms with Gasteiger partial charge in [-0.25, -0.2) is 0 Å². The molecule has 0 radical (unpaired) electrons. The highest BCUT2D eigenvalue weighted by atomic mass is 79.9. The smallest absolute Gasteiger partial charge is 0.395 e. The molecule has 1 aliphatic heterocycles. The second kappa shape index (κ2) is 4.94. The first-order valence-electron chi connectivity index (χ1n) is 5.91. The Kier molecular flexibility index (Phi) is 3.25. The molecule has 2 aromatic rings. The van der Waals surface area contributed by atoms with Crippen molar-refractivity contribution in [2.24, 2.45) is 0 Å². The van der Waals surface area contributed by atoms with Crippen molar-refractivity contribution < 1.29 is 18.3 Å². The van der Waals surface area contributed by atoms with E-state index in [2.05, 4.69) is 30.7 Å². The SMILES string of the molecule is FC1(F)Oc2cccc(CNc3ccccc3Br)c2O1. The van der Waals surface area contributed by atoms with E-state index < -0.39 is 6.29 Å². The van der Waals surface area contributed by atoms with Crippen molar-refractivity contribution in [1.29, 1.82) is 0 Å². The second-order valence-corrected chi connectivity index (χ2v) is 5.10. The molecular formula is C14H10BrF2NO2. The molecule has 1 aliphatic rings. The molecule has 0 atom stereocenters. The molecule has 0 fully saturated rings. The van der Waals surface area contributed by atoms with Gasteiger partial charge in [-0.3, -0.25) is 0 Å². The summed E-state index contributed by atoms with van der Waals surface area (Å²) in [5.41, 5.74) is 1.48. The number of hydrogen-bond donors (Lipinski definition) is 1. The molecule has 0 saturated carbocycles. The summed E-state index contributed by atoms with van der Waals surface area (Å²) in [7, 11) is 0. The van der Waals surface area contributed by atoms with E-state index in [0.717, 1.165) is 10.2 Å². The Morgan fingerprint density at radius 3 is 2.65 bits per heavy atom. The molecule has 0 amide bonds. The van der Waals surface area contributed by atoms with Gasteiger partial charge in [0.05, 0.1) is 0 Å². The fraction of sp³-hybridized carbons (Fsp3) is 0.143. The summed E-state index contributed by atoms with van der Waals surface area (Å²) in [6, 6.07) is 12.4. The lowest BCUT2D eigenvalue weighted by Gasteiger charge is -2.10. The third-order valence-electron chi connectivity index (χ3n) is 2.85. The largest absolute Gasteiger partial charge is 0.586 e. The van der Waals surface area contributed by atoms with E-state index in [0.29, 0.717) is 12.1 Å². The summed E-state index contributed by atoms with van der Waals surface area (Å²) in [6.07, 6.45) is -3.59. The van der Waals surface area contributed by atoms with Crippen molar-refractivity contribution in [3.8, 4) is 11.5 Å². The fourth-order valence-electron chi connectivity index (χ4n) is 1.96. The lowest BCUT2D eigenvalue weighted by Crippen LogP contribution is -2.26. The van der Waals surface area contributed by atoms with Crippen molar-refractivity contribution in [3.05, 3.63) is 52.5 Å². The van der Waals surface area contributed by atoms with Gasteiger partial charge >= 0.3 is 6.29 Å². The highest BCUT2D eigenvalue weighted by molar-refractivity contribution is 9.10. The average Bonchev–Trinajstić information content (AvgIpc) is 2.72. The van der Waals surface area contributed by atoms with Crippen LogP contribution in [0.5, 0.6) is 11.5 Å². The minimum atomic E-state index is -3.59. The molecule has 3 rings (SSSR count). The normalized spacial score (nSPS) is 15.2. The number of fused-ring (bicyclic) bond motifs is 1. The molecule has 0 saturated heterocycles. The van der Waals surface area contributed by atoms with Crippen LogP contribution in [0.2, 0.25) is 0 Å². The number of ether oxygens (including phenoxy) is 2. The zero-order valence-corrected chi connectivity index (χ0v) is 11.8. The maximum absolute atomic E-state index is 13.1. The van der Waals surface area contributed by atoms with Gasteiger partial charge in [0.2, 0.25) is 0 Å². The summed E-state index contributed by atoms with van der Waals surface area (Å²) in [5, 5.41) is 3.16. The Hall–Kier alpha value is -1.82. The van der Waals surface area contributed by atoms with Crippen LogP contribution in [0.4, 0.5) is 14.5 Å². The molecule has 1 heterocycles. The van der Waals surface area contributed by atoms with Gasteiger partial charge in [-0.05, 0) is 34.1 Å². The van der Waals surface area contributed by atoms with E-state index in [1.807, 2.05) is 24.3 Å². The van der Waals surface area contributed by atoms with Gasteiger partial charge in [-0.15, -0.1) is 8.78 Å². The second-order valence-electron chi connectivity index (χ2n) is 4.25. The first-order chi connectivity index (χ1) is 9.55. The molecule has 20 heavy (non-hydrogen) atoms. The third kappa shape index (κ3) is 2.56. The molecule has 0 unspecified atom stereocenters. The number of nitrogens with one attached hydrogen (secondary N) is 1. The van der Waals surface area contributed by atoms with Gasteiger partial charge in [0.15, 0.2) is 11.5 Å². The predicted molar refractivity (Wildman–Crippen MR) is 74.1 cm³/mol. The molecule has 0 aliphatic carbocycles. The van der Waals surface area contributed by atoms with Gasteiger partial charge in [0.1, 0.15) is 0 Å². The van der Waals surface area contributed by atoms with Crippen molar-refractivity contribution in [1.82, 2.24) is 0 Å². The van der Waals surface area contributed by atoms with Crippen LogP contribution in [-0.4, -0.2) is 6.29 Å². The molecule has 1 N–H and O–H groups in total. The maximum atomic E-state index is 13.1. The summed E-state index contributed by atoms with van der Waals surface area (Å²) in [4.78, 5) is 0. The Bertz CT molecular complexity index is 649. The third-order valence-corrected chi connectivity index (χ3v) is 3.54. The van der Waals surface area contributed by atoms with E-state index in [-0.39, 0.29) is 11.5 Å². The zero-order valence-electron chi connectivity index (χ0n) is 10.2. The Balaban J connectivity index is 1.80. The van der Waals surface area contributed by atoms with Crippen molar-refractivity contribution >= 4 is 21.6 Å². The summed E-state index contributed by atoms with van der Waals surface area (Å²) in [5.74, 6) is 0.137. The number of alkyl halides is 2. The number of hydrogen-bond acceptors (Lipinski definition) is 3. The van der Waals surface area contributed by atoms with Crippen LogP contribution in [0.25, 0.3) is 0 Å². The number of halogens is 3. The molecule has 6 heteroatoms. The van der Waals surface area contributed by atoms with Crippen LogP contribution in [-0.2, 0) is 6.54 Å². The van der Waals surface area contributed by atoms with E-state index in [1.54, 1.807) is 12.1 Å².